The minimum absolute atomic E-state index is 0.646. The summed E-state index contributed by atoms with van der Waals surface area (Å²) < 4.78 is 0. The maximum Gasteiger partial charge on any atom is 0.115 e. The molecule has 2 heterocycles. The number of pyridine rings is 1. The molecule has 0 aliphatic heterocycles. The largest absolute Gasteiger partial charge is 0.245 e. The SMILES string of the molecule is Cc1c(C#N)c(SCc2cnn(-c3ccccc3)n2)nc2c1CCC2. The van der Waals surface area contributed by atoms with Gasteiger partial charge in [0, 0.05) is 11.4 Å². The number of thioether (sulfide) groups is 1. The molecule has 0 fully saturated rings. The van der Waals surface area contributed by atoms with Crippen LogP contribution in [0.1, 0.15) is 34.5 Å². The molecule has 0 bridgehead atoms. The molecule has 4 rings (SSSR count). The van der Waals surface area contributed by atoms with Gasteiger partial charge < -0.3 is 0 Å². The number of aryl methyl sites for hydroxylation is 1. The molecule has 25 heavy (non-hydrogen) atoms. The summed E-state index contributed by atoms with van der Waals surface area (Å²) in [5.74, 6) is 0.646. The molecule has 1 aliphatic carbocycles. The third-order valence-electron chi connectivity index (χ3n) is 4.46. The van der Waals surface area contributed by atoms with Crippen molar-refractivity contribution in [3.8, 4) is 11.8 Å². The molecule has 0 spiro atoms. The van der Waals surface area contributed by atoms with Gasteiger partial charge in [-0.1, -0.05) is 30.0 Å². The summed E-state index contributed by atoms with van der Waals surface area (Å²) >= 11 is 1.56. The molecule has 0 atom stereocenters. The van der Waals surface area contributed by atoms with Gasteiger partial charge in [0.25, 0.3) is 0 Å². The van der Waals surface area contributed by atoms with Crippen molar-refractivity contribution in [3.63, 3.8) is 0 Å². The predicted molar refractivity (Wildman–Crippen MR) is 96.6 cm³/mol. The van der Waals surface area contributed by atoms with Crippen molar-refractivity contribution in [1.82, 2.24) is 20.0 Å². The van der Waals surface area contributed by atoms with Crippen LogP contribution in [0.4, 0.5) is 0 Å². The van der Waals surface area contributed by atoms with Crippen molar-refractivity contribution >= 4 is 11.8 Å². The van der Waals surface area contributed by atoms with E-state index >= 15 is 0 Å². The smallest absolute Gasteiger partial charge is 0.115 e. The van der Waals surface area contributed by atoms with Crippen molar-refractivity contribution in [3.05, 3.63) is 64.6 Å². The number of rotatable bonds is 4. The van der Waals surface area contributed by atoms with Crippen molar-refractivity contribution in [2.45, 2.75) is 37.0 Å². The maximum absolute atomic E-state index is 9.55. The Morgan fingerprint density at radius 3 is 2.88 bits per heavy atom. The lowest BCUT2D eigenvalue weighted by Gasteiger charge is -2.10. The van der Waals surface area contributed by atoms with Gasteiger partial charge in [-0.15, -0.1) is 0 Å². The first-order chi connectivity index (χ1) is 12.3. The van der Waals surface area contributed by atoms with Crippen molar-refractivity contribution in [1.29, 1.82) is 5.26 Å². The van der Waals surface area contributed by atoms with Gasteiger partial charge >= 0.3 is 0 Å². The minimum Gasteiger partial charge on any atom is -0.245 e. The van der Waals surface area contributed by atoms with E-state index in [0.717, 1.165) is 46.9 Å². The number of hydrogen-bond acceptors (Lipinski definition) is 5. The second-order valence-electron chi connectivity index (χ2n) is 6.06. The number of hydrogen-bond donors (Lipinski definition) is 0. The van der Waals surface area contributed by atoms with E-state index in [1.165, 1.54) is 5.56 Å². The van der Waals surface area contributed by atoms with Crippen LogP contribution in [0.3, 0.4) is 0 Å². The summed E-state index contributed by atoms with van der Waals surface area (Å²) in [6, 6.07) is 12.2. The minimum atomic E-state index is 0.646. The van der Waals surface area contributed by atoms with Crippen LogP contribution in [0.2, 0.25) is 0 Å². The Hall–Kier alpha value is -2.65. The molecule has 0 N–H and O–H groups in total. The molecular formula is C19H17N5S. The van der Waals surface area contributed by atoms with Gasteiger partial charge in [0.1, 0.15) is 11.1 Å². The zero-order chi connectivity index (χ0) is 17.2. The fraction of sp³-hybridized carbons (Fsp3) is 0.263. The van der Waals surface area contributed by atoms with Crippen LogP contribution in [0, 0.1) is 18.3 Å². The van der Waals surface area contributed by atoms with E-state index in [4.69, 9.17) is 4.98 Å². The van der Waals surface area contributed by atoms with E-state index in [-0.39, 0.29) is 0 Å². The first-order valence-electron chi connectivity index (χ1n) is 8.28. The lowest BCUT2D eigenvalue weighted by atomic mass is 10.0. The van der Waals surface area contributed by atoms with Gasteiger partial charge in [0.15, 0.2) is 0 Å². The lowest BCUT2D eigenvalue weighted by molar-refractivity contribution is 0.745. The molecule has 0 amide bonds. The van der Waals surface area contributed by atoms with E-state index in [0.29, 0.717) is 11.3 Å². The molecule has 1 aromatic carbocycles. The molecule has 2 aromatic heterocycles. The van der Waals surface area contributed by atoms with Gasteiger partial charge in [-0.25, -0.2) is 4.98 Å². The number of para-hydroxylation sites is 1. The number of fused-ring (bicyclic) bond motifs is 1. The van der Waals surface area contributed by atoms with Crippen molar-refractivity contribution in [2.75, 3.05) is 0 Å². The van der Waals surface area contributed by atoms with Crippen LogP contribution in [-0.4, -0.2) is 20.0 Å². The van der Waals surface area contributed by atoms with Gasteiger partial charge in [-0.05, 0) is 49.4 Å². The first-order valence-corrected chi connectivity index (χ1v) is 9.26. The quantitative estimate of drug-likeness (QED) is 0.674. The zero-order valence-corrected chi connectivity index (χ0v) is 14.8. The summed E-state index contributed by atoms with van der Waals surface area (Å²) in [5, 5.41) is 19.2. The summed E-state index contributed by atoms with van der Waals surface area (Å²) in [7, 11) is 0. The summed E-state index contributed by atoms with van der Waals surface area (Å²) in [5.41, 5.74) is 6.05. The Kier molecular flexibility index (Phi) is 4.24. The van der Waals surface area contributed by atoms with Crippen LogP contribution in [0.5, 0.6) is 0 Å². The Morgan fingerprint density at radius 1 is 1.24 bits per heavy atom. The number of nitriles is 1. The number of nitrogens with zero attached hydrogens (tertiary/aromatic N) is 5. The molecule has 1 aliphatic rings. The molecule has 124 valence electrons. The summed E-state index contributed by atoms with van der Waals surface area (Å²) in [6.07, 6.45) is 4.96. The average Bonchev–Trinajstić information content (AvgIpc) is 3.30. The monoisotopic (exact) mass is 347 g/mol. The summed E-state index contributed by atoms with van der Waals surface area (Å²) in [4.78, 5) is 6.38. The number of benzene rings is 1. The van der Waals surface area contributed by atoms with Crippen LogP contribution in [-0.2, 0) is 18.6 Å². The Labute approximate surface area is 150 Å². The third kappa shape index (κ3) is 3.03. The maximum atomic E-state index is 9.55. The molecule has 3 aromatic rings. The van der Waals surface area contributed by atoms with Crippen LogP contribution >= 0.6 is 11.8 Å². The molecular weight excluding hydrogens is 330 g/mol. The average molecular weight is 347 g/mol. The zero-order valence-electron chi connectivity index (χ0n) is 13.9. The fourth-order valence-electron chi connectivity index (χ4n) is 3.17. The normalized spacial score (nSPS) is 12.8. The number of aromatic nitrogens is 4. The highest BCUT2D eigenvalue weighted by Gasteiger charge is 2.21. The van der Waals surface area contributed by atoms with Crippen LogP contribution in [0.15, 0.2) is 41.6 Å². The van der Waals surface area contributed by atoms with Gasteiger partial charge in [0.05, 0.1) is 23.1 Å². The molecule has 0 radical (unpaired) electrons. The van der Waals surface area contributed by atoms with Crippen molar-refractivity contribution < 1.29 is 0 Å². The highest BCUT2D eigenvalue weighted by Crippen LogP contribution is 2.32. The Balaban J connectivity index is 1.56. The van der Waals surface area contributed by atoms with Gasteiger partial charge in [0.2, 0.25) is 0 Å². The van der Waals surface area contributed by atoms with Crippen LogP contribution in [0.25, 0.3) is 5.69 Å². The summed E-state index contributed by atoms with van der Waals surface area (Å²) in [6.45, 7) is 2.04. The van der Waals surface area contributed by atoms with E-state index in [1.807, 2.05) is 37.3 Å². The second-order valence-corrected chi connectivity index (χ2v) is 7.02. The Morgan fingerprint density at radius 2 is 2.08 bits per heavy atom. The highest BCUT2D eigenvalue weighted by molar-refractivity contribution is 7.98. The first kappa shape index (κ1) is 15.9. The topological polar surface area (TPSA) is 67.4 Å². The Bertz CT molecular complexity index is 956. The van der Waals surface area contributed by atoms with Crippen LogP contribution < -0.4 is 0 Å². The van der Waals surface area contributed by atoms with E-state index < -0.39 is 0 Å². The fourth-order valence-corrected chi connectivity index (χ4v) is 4.10. The molecule has 6 heteroatoms. The lowest BCUT2D eigenvalue weighted by Crippen LogP contribution is -2.01. The second kappa shape index (κ2) is 6.69. The van der Waals surface area contributed by atoms with Gasteiger partial charge in [-0.3, -0.25) is 0 Å². The predicted octanol–water partition coefficient (Wildman–Crippen LogP) is 3.62. The molecule has 0 saturated heterocycles. The van der Waals surface area contributed by atoms with E-state index in [2.05, 4.69) is 16.3 Å². The van der Waals surface area contributed by atoms with Gasteiger partial charge in [-0.2, -0.15) is 20.3 Å². The van der Waals surface area contributed by atoms with E-state index in [1.54, 1.807) is 22.8 Å². The third-order valence-corrected chi connectivity index (χ3v) is 5.47. The van der Waals surface area contributed by atoms with E-state index in [9.17, 15) is 5.26 Å². The molecule has 5 nitrogen and oxygen atoms in total. The highest BCUT2D eigenvalue weighted by atomic mass is 32.2. The molecule has 0 unspecified atom stereocenters. The molecule has 0 saturated carbocycles. The standard InChI is InChI=1S/C19H17N5S/c1-13-16-8-5-9-18(16)22-19(17(13)10-20)25-12-14-11-21-24(23-14)15-6-3-2-4-7-15/h2-4,6-7,11H,5,8-9,12H2,1H3. The van der Waals surface area contributed by atoms with Crippen molar-refractivity contribution in [2.24, 2.45) is 0 Å².